The number of rotatable bonds is 5. The Kier molecular flexibility index (Phi) is 5.34. The topological polar surface area (TPSA) is 41.5 Å². The van der Waals surface area contributed by atoms with Gasteiger partial charge >= 0.3 is 0 Å². The molecule has 0 unspecified atom stereocenters. The maximum atomic E-state index is 11.9. The number of amides is 1. The van der Waals surface area contributed by atoms with E-state index in [4.69, 9.17) is 23.2 Å². The van der Waals surface area contributed by atoms with Crippen LogP contribution in [0.25, 0.3) is 6.08 Å². The van der Waals surface area contributed by atoms with E-state index in [2.05, 4.69) is 16.4 Å². The van der Waals surface area contributed by atoms with Crippen molar-refractivity contribution in [1.29, 1.82) is 0 Å². The smallest absolute Gasteiger partial charge is 0.224 e. The molecule has 0 saturated heterocycles. The lowest BCUT2D eigenvalue weighted by Crippen LogP contribution is -2.28. The molecule has 3 nitrogen and oxygen atoms in total. The number of benzene rings is 2. The molecule has 1 amide bonds. The van der Waals surface area contributed by atoms with Crippen LogP contribution in [-0.4, -0.2) is 18.2 Å². The second-order valence-corrected chi connectivity index (χ2v) is 6.38. The van der Waals surface area contributed by atoms with Crippen LogP contribution in [0.5, 0.6) is 0 Å². The molecule has 0 spiro atoms. The average Bonchev–Trinajstić information content (AvgIpc) is 2.98. The van der Waals surface area contributed by atoms with Gasteiger partial charge < -0.3 is 5.32 Å². The van der Waals surface area contributed by atoms with Gasteiger partial charge in [-0.1, -0.05) is 59.6 Å². The van der Waals surface area contributed by atoms with E-state index in [1.54, 1.807) is 18.2 Å². The van der Waals surface area contributed by atoms with Crippen LogP contribution in [-0.2, 0) is 11.2 Å². The molecule has 0 fully saturated rings. The summed E-state index contributed by atoms with van der Waals surface area (Å²) in [4.78, 5) is 16.5. The van der Waals surface area contributed by atoms with Gasteiger partial charge in [-0.05, 0) is 29.3 Å². The number of fused-ring (bicyclic) bond motifs is 1. The molecule has 0 aromatic heterocycles. The number of hydrogen-bond acceptors (Lipinski definition) is 2. The summed E-state index contributed by atoms with van der Waals surface area (Å²) < 4.78 is 0. The number of carbonyl (C=O) groups excluding carboxylic acids is 1. The average molecular weight is 359 g/mol. The second-order valence-electron chi connectivity index (χ2n) is 5.53. The fraction of sp³-hybridized carbons (Fsp3) is 0.158. The summed E-state index contributed by atoms with van der Waals surface area (Å²) in [5.41, 5.74) is 4.02. The number of nitrogens with one attached hydrogen (secondary N) is 1. The van der Waals surface area contributed by atoms with Gasteiger partial charge in [0.1, 0.15) is 0 Å². The fourth-order valence-corrected chi connectivity index (χ4v) is 2.97. The van der Waals surface area contributed by atoms with Crippen molar-refractivity contribution >= 4 is 46.6 Å². The number of aliphatic imine (C=N–C) groups is 1. The minimum absolute atomic E-state index is 0.0463. The van der Waals surface area contributed by atoms with Gasteiger partial charge in [-0.3, -0.25) is 9.79 Å². The molecule has 0 atom stereocenters. The van der Waals surface area contributed by atoms with Crippen molar-refractivity contribution in [2.24, 2.45) is 4.99 Å². The first-order chi connectivity index (χ1) is 11.6. The molecule has 5 heteroatoms. The van der Waals surface area contributed by atoms with E-state index >= 15 is 0 Å². The first-order valence-corrected chi connectivity index (χ1v) is 8.40. The zero-order valence-corrected chi connectivity index (χ0v) is 14.4. The van der Waals surface area contributed by atoms with Gasteiger partial charge in [-0.2, -0.15) is 0 Å². The Hall–Kier alpha value is -2.10. The maximum absolute atomic E-state index is 11.9. The summed E-state index contributed by atoms with van der Waals surface area (Å²) >= 11 is 11.9. The van der Waals surface area contributed by atoms with Crippen LogP contribution in [0.4, 0.5) is 5.69 Å². The number of nitrogens with zero attached hydrogens (tertiary/aromatic N) is 1. The molecule has 0 bridgehead atoms. The zero-order chi connectivity index (χ0) is 16.9. The van der Waals surface area contributed by atoms with Crippen LogP contribution < -0.4 is 5.32 Å². The van der Waals surface area contributed by atoms with Gasteiger partial charge in [-0.25, -0.2) is 0 Å². The monoisotopic (exact) mass is 358 g/mol. The Morgan fingerprint density at radius 2 is 2.04 bits per heavy atom. The Bertz CT molecular complexity index is 828. The van der Waals surface area contributed by atoms with Crippen molar-refractivity contribution in [2.75, 3.05) is 6.54 Å². The molecule has 1 heterocycles. The zero-order valence-electron chi connectivity index (χ0n) is 12.9. The third kappa shape index (κ3) is 4.25. The van der Waals surface area contributed by atoms with E-state index in [-0.39, 0.29) is 5.91 Å². The highest BCUT2D eigenvalue weighted by Crippen LogP contribution is 2.25. The standard InChI is InChI=1S/C19H16Cl2N2O/c20-15-9-8-13(17(21)11-15)5-3-7-19(24)22-12-16-10-14-4-1-2-6-18(14)23-16/h1-6,8-9,11H,7,10,12H2,(H,22,24)/b5-3+. The molecule has 1 aliphatic heterocycles. The molecule has 1 aliphatic rings. The molecular formula is C19H16Cl2N2O. The molecule has 3 rings (SSSR count). The van der Waals surface area contributed by atoms with Gasteiger partial charge in [0, 0.05) is 28.6 Å². The SMILES string of the molecule is O=C(C/C=C/c1ccc(Cl)cc1Cl)NCC1=Nc2ccccc2C1. The van der Waals surface area contributed by atoms with Gasteiger partial charge in [0.2, 0.25) is 5.91 Å². The van der Waals surface area contributed by atoms with Crippen LogP contribution in [0.3, 0.4) is 0 Å². The Morgan fingerprint density at radius 3 is 2.83 bits per heavy atom. The van der Waals surface area contributed by atoms with Crippen molar-refractivity contribution in [3.63, 3.8) is 0 Å². The first-order valence-electron chi connectivity index (χ1n) is 7.64. The van der Waals surface area contributed by atoms with Crippen LogP contribution in [0.15, 0.2) is 53.5 Å². The molecule has 0 radical (unpaired) electrons. The van der Waals surface area contributed by atoms with Crippen LogP contribution in [0.2, 0.25) is 10.0 Å². The van der Waals surface area contributed by atoms with Gasteiger partial charge in [-0.15, -0.1) is 0 Å². The molecule has 0 aliphatic carbocycles. The lowest BCUT2D eigenvalue weighted by atomic mass is 10.1. The van der Waals surface area contributed by atoms with E-state index in [0.717, 1.165) is 23.4 Å². The van der Waals surface area contributed by atoms with E-state index in [1.807, 2.05) is 30.3 Å². The molecule has 24 heavy (non-hydrogen) atoms. The highest BCUT2D eigenvalue weighted by molar-refractivity contribution is 6.35. The predicted molar refractivity (Wildman–Crippen MR) is 100 cm³/mol. The third-order valence-corrected chi connectivity index (χ3v) is 4.28. The highest BCUT2D eigenvalue weighted by Gasteiger charge is 2.13. The molecule has 1 N–H and O–H groups in total. The summed E-state index contributed by atoms with van der Waals surface area (Å²) in [7, 11) is 0. The molecule has 2 aromatic rings. The Morgan fingerprint density at radius 1 is 1.21 bits per heavy atom. The van der Waals surface area contributed by atoms with Gasteiger partial charge in [0.15, 0.2) is 0 Å². The third-order valence-electron chi connectivity index (χ3n) is 3.72. The maximum Gasteiger partial charge on any atom is 0.224 e. The van der Waals surface area contributed by atoms with Crippen LogP contribution >= 0.6 is 23.2 Å². The summed E-state index contributed by atoms with van der Waals surface area (Å²) in [6.45, 7) is 0.475. The summed E-state index contributed by atoms with van der Waals surface area (Å²) in [6, 6.07) is 13.3. The summed E-state index contributed by atoms with van der Waals surface area (Å²) in [5, 5.41) is 4.05. The van der Waals surface area contributed by atoms with Crippen molar-refractivity contribution < 1.29 is 4.79 Å². The lowest BCUT2D eigenvalue weighted by molar-refractivity contribution is -0.119. The predicted octanol–water partition coefficient (Wildman–Crippen LogP) is 4.84. The van der Waals surface area contributed by atoms with E-state index in [9.17, 15) is 4.79 Å². The molecule has 2 aromatic carbocycles. The van der Waals surface area contributed by atoms with Gasteiger partial charge in [0.05, 0.1) is 12.2 Å². The fourth-order valence-electron chi connectivity index (χ4n) is 2.50. The van der Waals surface area contributed by atoms with Crippen molar-refractivity contribution in [2.45, 2.75) is 12.8 Å². The van der Waals surface area contributed by atoms with E-state index in [1.165, 1.54) is 5.56 Å². The first kappa shape index (κ1) is 16.7. The largest absolute Gasteiger partial charge is 0.351 e. The quantitative estimate of drug-likeness (QED) is 0.815. The Balaban J connectivity index is 1.48. The van der Waals surface area contributed by atoms with E-state index < -0.39 is 0 Å². The minimum atomic E-state index is -0.0463. The Labute approximate surface area is 151 Å². The van der Waals surface area contributed by atoms with Gasteiger partial charge in [0.25, 0.3) is 0 Å². The number of halogens is 2. The lowest BCUT2D eigenvalue weighted by Gasteiger charge is -2.03. The molecule has 0 saturated carbocycles. The van der Waals surface area contributed by atoms with Crippen LogP contribution in [0.1, 0.15) is 17.5 Å². The summed E-state index contributed by atoms with van der Waals surface area (Å²) in [5.74, 6) is -0.0463. The molecule has 122 valence electrons. The normalized spacial score (nSPS) is 13.0. The number of para-hydroxylation sites is 1. The molecular weight excluding hydrogens is 343 g/mol. The van der Waals surface area contributed by atoms with Crippen molar-refractivity contribution in [3.8, 4) is 0 Å². The van der Waals surface area contributed by atoms with Crippen molar-refractivity contribution in [1.82, 2.24) is 5.32 Å². The summed E-state index contributed by atoms with van der Waals surface area (Å²) in [6.07, 6.45) is 4.70. The number of carbonyl (C=O) groups is 1. The number of hydrogen-bond donors (Lipinski definition) is 1. The second kappa shape index (κ2) is 7.65. The highest BCUT2D eigenvalue weighted by atomic mass is 35.5. The van der Waals surface area contributed by atoms with Crippen LogP contribution in [0, 0.1) is 0 Å². The minimum Gasteiger partial charge on any atom is -0.351 e. The van der Waals surface area contributed by atoms with E-state index in [0.29, 0.717) is 23.0 Å². The van der Waals surface area contributed by atoms with Crippen molar-refractivity contribution in [3.05, 3.63) is 69.7 Å².